The molecular weight excluding hydrogens is 363 g/mol. The summed E-state index contributed by atoms with van der Waals surface area (Å²) in [6.45, 7) is 0.422. The number of pyridine rings is 1. The van der Waals surface area contributed by atoms with Crippen LogP contribution in [0.2, 0.25) is 0 Å². The molecule has 1 saturated carbocycles. The molecule has 3 rings (SSSR count). The molecule has 144 valence electrons. The van der Waals surface area contributed by atoms with E-state index in [4.69, 9.17) is 0 Å². The number of anilines is 2. The molecule has 0 unspecified atom stereocenters. The normalized spacial score (nSPS) is 19.7. The predicted octanol–water partition coefficient (Wildman–Crippen LogP) is 2.72. The van der Waals surface area contributed by atoms with E-state index in [2.05, 4.69) is 25.6 Å². The molecule has 2 aromatic rings. The Morgan fingerprint density at radius 1 is 1.22 bits per heavy atom. The first kappa shape index (κ1) is 19.0. The Kier molecular flexibility index (Phi) is 5.54. The molecule has 2 heterocycles. The highest BCUT2D eigenvalue weighted by atomic mass is 19.4. The molecule has 0 bridgehead atoms. The summed E-state index contributed by atoms with van der Waals surface area (Å²) >= 11 is 0. The summed E-state index contributed by atoms with van der Waals surface area (Å²) in [7, 11) is 0. The summed E-state index contributed by atoms with van der Waals surface area (Å²) in [6.07, 6.45) is 2.09. The van der Waals surface area contributed by atoms with Crippen LogP contribution in [0.25, 0.3) is 0 Å². The number of carbonyl (C=O) groups is 1. The number of alkyl halides is 3. The molecule has 10 heteroatoms. The van der Waals surface area contributed by atoms with Crippen LogP contribution in [0.5, 0.6) is 0 Å². The van der Waals surface area contributed by atoms with Crippen molar-refractivity contribution in [3.05, 3.63) is 42.1 Å². The monoisotopic (exact) mass is 381 g/mol. The number of hydrogen-bond acceptors (Lipinski definition) is 6. The molecule has 1 aliphatic rings. The zero-order valence-electron chi connectivity index (χ0n) is 14.2. The van der Waals surface area contributed by atoms with Gasteiger partial charge in [0.05, 0.1) is 23.6 Å². The largest absolute Gasteiger partial charge is 0.417 e. The van der Waals surface area contributed by atoms with Crippen molar-refractivity contribution in [2.24, 2.45) is 5.92 Å². The molecule has 7 nitrogen and oxygen atoms in total. The van der Waals surface area contributed by atoms with E-state index in [0.717, 1.165) is 31.5 Å². The Labute approximate surface area is 153 Å². The fraction of sp³-hybridized carbons (Fsp3) is 0.412. The number of aromatic nitrogens is 3. The lowest BCUT2D eigenvalue weighted by Crippen LogP contribution is -2.24. The number of carbonyl (C=O) groups excluding carboxylic acids is 1. The van der Waals surface area contributed by atoms with Crippen molar-refractivity contribution in [2.45, 2.75) is 31.5 Å². The molecule has 0 aliphatic heterocycles. The van der Waals surface area contributed by atoms with Gasteiger partial charge in [-0.25, -0.2) is 9.97 Å². The van der Waals surface area contributed by atoms with Gasteiger partial charge in [-0.2, -0.15) is 13.2 Å². The molecule has 0 spiro atoms. The molecule has 3 N–H and O–H groups in total. The van der Waals surface area contributed by atoms with Crippen LogP contribution in [0.1, 0.15) is 35.3 Å². The van der Waals surface area contributed by atoms with Crippen LogP contribution in [0.3, 0.4) is 0 Å². The number of aliphatic hydroxyl groups is 1. The molecule has 0 aromatic carbocycles. The van der Waals surface area contributed by atoms with Crippen LogP contribution in [0, 0.1) is 5.92 Å². The quantitative estimate of drug-likeness (QED) is 0.736. The Morgan fingerprint density at radius 2 is 2.00 bits per heavy atom. The second-order valence-electron chi connectivity index (χ2n) is 6.31. The average Bonchev–Trinajstić information content (AvgIpc) is 3.04. The van der Waals surface area contributed by atoms with E-state index in [0.29, 0.717) is 12.7 Å². The number of rotatable bonds is 5. The van der Waals surface area contributed by atoms with Gasteiger partial charge in [-0.05, 0) is 18.9 Å². The maximum atomic E-state index is 12.8. The van der Waals surface area contributed by atoms with Crippen LogP contribution in [0.4, 0.5) is 24.7 Å². The predicted molar refractivity (Wildman–Crippen MR) is 91.1 cm³/mol. The van der Waals surface area contributed by atoms with Gasteiger partial charge in [0.15, 0.2) is 11.5 Å². The average molecular weight is 381 g/mol. The lowest BCUT2D eigenvalue weighted by Gasteiger charge is -2.16. The Morgan fingerprint density at radius 3 is 2.70 bits per heavy atom. The smallest absolute Gasteiger partial charge is 0.393 e. The van der Waals surface area contributed by atoms with Crippen molar-refractivity contribution in [1.29, 1.82) is 0 Å². The molecule has 2 atom stereocenters. The van der Waals surface area contributed by atoms with Gasteiger partial charge in [-0.15, -0.1) is 0 Å². The van der Waals surface area contributed by atoms with Crippen LogP contribution in [-0.2, 0) is 6.18 Å². The molecule has 0 radical (unpaired) electrons. The summed E-state index contributed by atoms with van der Waals surface area (Å²) in [6, 6.07) is 0.795. The Bertz CT molecular complexity index is 815. The van der Waals surface area contributed by atoms with E-state index in [9.17, 15) is 23.1 Å². The molecule has 1 fully saturated rings. The maximum Gasteiger partial charge on any atom is 0.417 e. The SMILES string of the molecule is O=C(Nc1cncc(C(F)(F)F)c1)c1nccnc1NC[C@@H]1CCC[C@H]1O. The van der Waals surface area contributed by atoms with Crippen LogP contribution < -0.4 is 10.6 Å². The van der Waals surface area contributed by atoms with Crippen molar-refractivity contribution >= 4 is 17.4 Å². The number of hydrogen-bond donors (Lipinski definition) is 3. The minimum Gasteiger partial charge on any atom is -0.393 e. The van der Waals surface area contributed by atoms with Crippen molar-refractivity contribution in [3.8, 4) is 0 Å². The van der Waals surface area contributed by atoms with Gasteiger partial charge in [0.25, 0.3) is 5.91 Å². The minimum atomic E-state index is -4.56. The topological polar surface area (TPSA) is 100 Å². The standard InChI is InChI=1S/C17H18F3N5O2/c18-17(19,20)11-6-12(9-21-8-11)25-16(27)14-15(23-5-4-22-14)24-7-10-2-1-3-13(10)26/h4-6,8-10,13,26H,1-3,7H2,(H,23,24)(H,25,27)/t10-,13+/m0/s1. The molecule has 1 amide bonds. The number of amides is 1. The first-order valence-electron chi connectivity index (χ1n) is 8.41. The Balaban J connectivity index is 1.72. The van der Waals surface area contributed by atoms with Crippen LogP contribution in [0.15, 0.2) is 30.9 Å². The zero-order valence-corrected chi connectivity index (χ0v) is 14.2. The second kappa shape index (κ2) is 7.87. The van der Waals surface area contributed by atoms with E-state index in [1.54, 1.807) is 0 Å². The maximum absolute atomic E-state index is 12.8. The van der Waals surface area contributed by atoms with Crippen molar-refractivity contribution in [2.75, 3.05) is 17.2 Å². The molecule has 2 aromatic heterocycles. The molecule has 1 aliphatic carbocycles. The van der Waals surface area contributed by atoms with Gasteiger partial charge in [-0.3, -0.25) is 9.78 Å². The summed E-state index contributed by atoms with van der Waals surface area (Å²) < 4.78 is 38.3. The first-order valence-corrected chi connectivity index (χ1v) is 8.41. The summed E-state index contributed by atoms with van der Waals surface area (Å²) in [4.78, 5) is 24.0. The van der Waals surface area contributed by atoms with Gasteiger partial charge in [0.1, 0.15) is 0 Å². The van der Waals surface area contributed by atoms with E-state index in [1.165, 1.54) is 12.4 Å². The minimum absolute atomic E-state index is 0.0515. The van der Waals surface area contributed by atoms with Gasteiger partial charge in [-0.1, -0.05) is 6.42 Å². The van der Waals surface area contributed by atoms with Crippen molar-refractivity contribution in [1.82, 2.24) is 15.0 Å². The van der Waals surface area contributed by atoms with Crippen LogP contribution in [-0.4, -0.2) is 38.6 Å². The lowest BCUT2D eigenvalue weighted by molar-refractivity contribution is -0.137. The first-order chi connectivity index (χ1) is 12.8. The summed E-state index contributed by atoms with van der Waals surface area (Å²) in [5, 5.41) is 15.2. The molecular formula is C17H18F3N5O2. The number of halogens is 3. The van der Waals surface area contributed by atoms with E-state index in [-0.39, 0.29) is 23.1 Å². The fourth-order valence-corrected chi connectivity index (χ4v) is 2.97. The third kappa shape index (κ3) is 4.70. The van der Waals surface area contributed by atoms with E-state index in [1.807, 2.05) is 0 Å². The van der Waals surface area contributed by atoms with Crippen molar-refractivity contribution in [3.63, 3.8) is 0 Å². The van der Waals surface area contributed by atoms with Crippen molar-refractivity contribution < 1.29 is 23.1 Å². The third-order valence-corrected chi connectivity index (χ3v) is 4.39. The summed E-state index contributed by atoms with van der Waals surface area (Å²) in [5.74, 6) is -0.455. The zero-order chi connectivity index (χ0) is 19.4. The van der Waals surface area contributed by atoms with Gasteiger partial charge >= 0.3 is 6.18 Å². The number of nitrogens with zero attached hydrogens (tertiary/aromatic N) is 3. The van der Waals surface area contributed by atoms with Gasteiger partial charge < -0.3 is 15.7 Å². The lowest BCUT2D eigenvalue weighted by atomic mass is 10.1. The summed E-state index contributed by atoms with van der Waals surface area (Å²) in [5.41, 5.74) is -1.12. The van der Waals surface area contributed by atoms with E-state index < -0.39 is 23.8 Å². The molecule has 27 heavy (non-hydrogen) atoms. The molecule has 0 saturated heterocycles. The van der Waals surface area contributed by atoms with Gasteiger partial charge in [0.2, 0.25) is 0 Å². The van der Waals surface area contributed by atoms with Crippen LogP contribution >= 0.6 is 0 Å². The fourth-order valence-electron chi connectivity index (χ4n) is 2.97. The number of aliphatic hydroxyl groups excluding tert-OH is 1. The highest BCUT2D eigenvalue weighted by Gasteiger charge is 2.31. The van der Waals surface area contributed by atoms with E-state index >= 15 is 0 Å². The van der Waals surface area contributed by atoms with Gasteiger partial charge in [0, 0.05) is 31.1 Å². The Hall–Kier alpha value is -2.75. The third-order valence-electron chi connectivity index (χ3n) is 4.39. The highest BCUT2D eigenvalue weighted by Crippen LogP contribution is 2.30. The second-order valence-corrected chi connectivity index (χ2v) is 6.31. The highest BCUT2D eigenvalue weighted by molar-refractivity contribution is 6.05. The number of nitrogens with one attached hydrogen (secondary N) is 2.